The minimum atomic E-state index is -0.538. The van der Waals surface area contributed by atoms with Gasteiger partial charge in [-0.2, -0.15) is 5.26 Å². The predicted octanol–water partition coefficient (Wildman–Crippen LogP) is 3.41. The lowest BCUT2D eigenvalue weighted by molar-refractivity contribution is -0.112. The summed E-state index contributed by atoms with van der Waals surface area (Å²) in [7, 11) is 1.52. The summed E-state index contributed by atoms with van der Waals surface area (Å²) in [5.74, 6) is 1.50. The first kappa shape index (κ1) is 19.1. The molecule has 0 atom stereocenters. The van der Waals surface area contributed by atoms with E-state index in [0.29, 0.717) is 54.1 Å². The summed E-state index contributed by atoms with van der Waals surface area (Å²) in [6, 6.07) is 12.4. The fourth-order valence-corrected chi connectivity index (χ4v) is 2.73. The molecule has 1 aliphatic heterocycles. The highest BCUT2D eigenvalue weighted by Gasteiger charge is 2.19. The van der Waals surface area contributed by atoms with Gasteiger partial charge in [-0.25, -0.2) is 0 Å². The van der Waals surface area contributed by atoms with Gasteiger partial charge in [0.1, 0.15) is 30.6 Å². The van der Waals surface area contributed by atoms with Crippen LogP contribution in [0.2, 0.25) is 0 Å². The first-order chi connectivity index (χ1) is 13.7. The highest BCUT2D eigenvalue weighted by molar-refractivity contribution is 6.10. The highest BCUT2D eigenvalue weighted by Crippen LogP contribution is 2.40. The molecule has 0 aromatic heterocycles. The van der Waals surface area contributed by atoms with Gasteiger partial charge >= 0.3 is 0 Å². The van der Waals surface area contributed by atoms with Crippen molar-refractivity contribution in [2.45, 2.75) is 6.92 Å². The second-order valence-corrected chi connectivity index (χ2v) is 5.80. The number of fused-ring (bicyclic) bond motifs is 1. The quantitative estimate of drug-likeness (QED) is 0.610. The Kier molecular flexibility index (Phi) is 6.02. The van der Waals surface area contributed by atoms with Crippen molar-refractivity contribution in [1.82, 2.24) is 0 Å². The largest absolute Gasteiger partial charge is 0.493 e. The molecule has 0 saturated carbocycles. The number of nitriles is 1. The molecule has 1 heterocycles. The lowest BCUT2D eigenvalue weighted by atomic mass is 10.1. The van der Waals surface area contributed by atoms with Gasteiger partial charge in [0.25, 0.3) is 5.91 Å². The predicted molar refractivity (Wildman–Crippen MR) is 104 cm³/mol. The van der Waals surface area contributed by atoms with E-state index in [1.165, 1.54) is 13.2 Å². The number of rotatable bonds is 6. The van der Waals surface area contributed by atoms with Gasteiger partial charge in [0.05, 0.1) is 19.4 Å². The van der Waals surface area contributed by atoms with Gasteiger partial charge in [-0.15, -0.1) is 0 Å². The molecule has 0 bridgehead atoms. The Hall–Kier alpha value is -3.66. The number of anilines is 1. The maximum atomic E-state index is 12.6. The van der Waals surface area contributed by atoms with Crippen LogP contribution in [0.15, 0.2) is 42.0 Å². The third kappa shape index (κ3) is 4.18. The van der Waals surface area contributed by atoms with E-state index in [0.717, 1.165) is 0 Å². The summed E-state index contributed by atoms with van der Waals surface area (Å²) in [6.07, 6.45) is 1.47. The van der Waals surface area contributed by atoms with E-state index in [9.17, 15) is 10.1 Å². The fourth-order valence-electron chi connectivity index (χ4n) is 2.73. The first-order valence-electron chi connectivity index (χ1n) is 8.79. The van der Waals surface area contributed by atoms with Crippen molar-refractivity contribution >= 4 is 17.7 Å². The molecule has 2 aromatic carbocycles. The van der Waals surface area contributed by atoms with E-state index in [-0.39, 0.29) is 5.57 Å². The molecule has 7 heteroatoms. The van der Waals surface area contributed by atoms with Gasteiger partial charge in [0.2, 0.25) is 5.75 Å². The number of nitrogens with one attached hydrogen (secondary N) is 1. The van der Waals surface area contributed by atoms with Crippen molar-refractivity contribution in [3.8, 4) is 29.1 Å². The number of benzene rings is 2. The van der Waals surface area contributed by atoms with Crippen LogP contribution in [0.1, 0.15) is 12.5 Å². The molecule has 0 spiro atoms. The lowest BCUT2D eigenvalue weighted by Gasteiger charge is -2.21. The van der Waals surface area contributed by atoms with Crippen molar-refractivity contribution in [2.24, 2.45) is 0 Å². The normalized spacial score (nSPS) is 12.7. The van der Waals surface area contributed by atoms with Gasteiger partial charge in [-0.05, 0) is 42.8 Å². The SMILES string of the molecule is CCOc1ccccc1NC(=O)/C(C#N)=C/c1cc(OC)c2c(c1)OCCO2. The highest BCUT2D eigenvalue weighted by atomic mass is 16.6. The summed E-state index contributed by atoms with van der Waals surface area (Å²) in [5, 5.41) is 12.2. The van der Waals surface area contributed by atoms with Crippen molar-refractivity contribution < 1.29 is 23.7 Å². The van der Waals surface area contributed by atoms with Crippen LogP contribution in [0.5, 0.6) is 23.0 Å². The molecule has 3 rings (SSSR count). The van der Waals surface area contributed by atoms with E-state index in [2.05, 4.69) is 5.32 Å². The number of carbonyl (C=O) groups is 1. The van der Waals surface area contributed by atoms with E-state index >= 15 is 0 Å². The number of carbonyl (C=O) groups excluding carboxylic acids is 1. The third-order valence-electron chi connectivity index (χ3n) is 3.96. The Bertz CT molecular complexity index is 929. The van der Waals surface area contributed by atoms with Crippen LogP contribution in [0, 0.1) is 11.3 Å². The van der Waals surface area contributed by atoms with Crippen molar-refractivity contribution in [3.63, 3.8) is 0 Å². The molecule has 1 aliphatic rings. The molecule has 1 N–H and O–H groups in total. The van der Waals surface area contributed by atoms with Gasteiger partial charge in [0, 0.05) is 0 Å². The summed E-state index contributed by atoms with van der Waals surface area (Å²) in [6.45, 7) is 3.17. The van der Waals surface area contributed by atoms with Crippen LogP contribution < -0.4 is 24.3 Å². The Labute approximate surface area is 163 Å². The molecule has 0 fully saturated rings. The molecule has 144 valence electrons. The maximum absolute atomic E-state index is 12.6. The summed E-state index contributed by atoms with van der Waals surface area (Å²) in [5.41, 5.74) is 1.02. The van der Waals surface area contributed by atoms with E-state index in [1.54, 1.807) is 30.3 Å². The van der Waals surface area contributed by atoms with Crippen LogP contribution in [-0.2, 0) is 4.79 Å². The number of hydrogen-bond acceptors (Lipinski definition) is 6. The third-order valence-corrected chi connectivity index (χ3v) is 3.96. The molecular formula is C21H20N2O5. The second-order valence-electron chi connectivity index (χ2n) is 5.80. The average molecular weight is 380 g/mol. The number of hydrogen-bond donors (Lipinski definition) is 1. The topological polar surface area (TPSA) is 89.8 Å². The van der Waals surface area contributed by atoms with Crippen LogP contribution in [0.25, 0.3) is 6.08 Å². The molecule has 0 radical (unpaired) electrons. The summed E-state index contributed by atoms with van der Waals surface area (Å²) < 4.78 is 22.0. The maximum Gasteiger partial charge on any atom is 0.266 e. The Morgan fingerprint density at radius 3 is 2.79 bits per heavy atom. The zero-order valence-corrected chi connectivity index (χ0v) is 15.7. The Morgan fingerprint density at radius 2 is 2.04 bits per heavy atom. The van der Waals surface area contributed by atoms with Gasteiger partial charge in [-0.3, -0.25) is 4.79 Å². The molecule has 0 aliphatic carbocycles. The minimum absolute atomic E-state index is 0.0648. The van der Waals surface area contributed by atoms with Crippen LogP contribution in [-0.4, -0.2) is 32.8 Å². The van der Waals surface area contributed by atoms with E-state index < -0.39 is 5.91 Å². The van der Waals surface area contributed by atoms with Gasteiger partial charge < -0.3 is 24.3 Å². The van der Waals surface area contributed by atoms with Crippen molar-refractivity contribution in [2.75, 3.05) is 32.2 Å². The standard InChI is InChI=1S/C21H20N2O5/c1-3-26-17-7-5-4-6-16(17)23-21(24)15(13-22)10-14-11-18(25-2)20-19(12-14)27-8-9-28-20/h4-7,10-12H,3,8-9H2,1-2H3,(H,23,24)/b15-10+. The molecule has 7 nitrogen and oxygen atoms in total. The fraction of sp³-hybridized carbons (Fsp3) is 0.238. The minimum Gasteiger partial charge on any atom is -0.493 e. The smallest absolute Gasteiger partial charge is 0.266 e. The van der Waals surface area contributed by atoms with E-state index in [4.69, 9.17) is 18.9 Å². The number of ether oxygens (including phenoxy) is 4. The molecular weight excluding hydrogens is 360 g/mol. The van der Waals surface area contributed by atoms with Crippen LogP contribution in [0.3, 0.4) is 0 Å². The Morgan fingerprint density at radius 1 is 1.25 bits per heavy atom. The number of para-hydroxylation sites is 2. The number of nitrogens with zero attached hydrogens (tertiary/aromatic N) is 1. The number of amides is 1. The Balaban J connectivity index is 1.88. The monoisotopic (exact) mass is 380 g/mol. The summed E-state index contributed by atoms with van der Waals surface area (Å²) in [4.78, 5) is 12.6. The van der Waals surface area contributed by atoms with Gasteiger partial charge in [0.15, 0.2) is 11.5 Å². The molecule has 0 saturated heterocycles. The summed E-state index contributed by atoms with van der Waals surface area (Å²) >= 11 is 0. The van der Waals surface area contributed by atoms with E-state index in [1.807, 2.05) is 19.1 Å². The molecule has 2 aromatic rings. The van der Waals surface area contributed by atoms with Crippen molar-refractivity contribution in [3.05, 3.63) is 47.5 Å². The molecule has 1 amide bonds. The molecule has 28 heavy (non-hydrogen) atoms. The zero-order chi connectivity index (χ0) is 19.9. The first-order valence-corrected chi connectivity index (χ1v) is 8.79. The average Bonchev–Trinajstić information content (AvgIpc) is 2.72. The second kappa shape index (κ2) is 8.82. The van der Waals surface area contributed by atoms with Gasteiger partial charge in [-0.1, -0.05) is 12.1 Å². The molecule has 0 unspecified atom stereocenters. The lowest BCUT2D eigenvalue weighted by Crippen LogP contribution is -2.16. The van der Waals surface area contributed by atoms with Crippen LogP contribution in [0.4, 0.5) is 5.69 Å². The zero-order valence-electron chi connectivity index (χ0n) is 15.7. The van der Waals surface area contributed by atoms with Crippen LogP contribution >= 0.6 is 0 Å². The van der Waals surface area contributed by atoms with Crippen molar-refractivity contribution in [1.29, 1.82) is 5.26 Å². The number of methoxy groups -OCH3 is 1.